The molecule has 0 saturated carbocycles. The fraction of sp³-hybridized carbons (Fsp3) is 0.476. The predicted molar refractivity (Wildman–Crippen MR) is 105 cm³/mol. The molecule has 0 spiro atoms. The van der Waals surface area contributed by atoms with Crippen LogP contribution in [-0.4, -0.2) is 48.0 Å². The SMILES string of the molecule is CN(Cc1ccncc1)C[C@H]1CCCN(CCc2ccc(Cl)cc2)C1. The van der Waals surface area contributed by atoms with E-state index in [1.807, 2.05) is 24.5 Å². The van der Waals surface area contributed by atoms with E-state index in [0.29, 0.717) is 0 Å². The molecule has 3 nitrogen and oxygen atoms in total. The number of aromatic nitrogens is 1. The molecule has 2 aromatic rings. The van der Waals surface area contributed by atoms with Gasteiger partial charge in [0.25, 0.3) is 0 Å². The molecule has 3 rings (SSSR count). The second-order valence-corrected chi connectivity index (χ2v) is 7.67. The quantitative estimate of drug-likeness (QED) is 0.743. The molecule has 0 N–H and O–H groups in total. The molecule has 134 valence electrons. The third-order valence-corrected chi connectivity index (χ3v) is 5.26. The summed E-state index contributed by atoms with van der Waals surface area (Å²) in [7, 11) is 2.23. The van der Waals surface area contributed by atoms with Crippen molar-refractivity contribution in [1.29, 1.82) is 0 Å². The van der Waals surface area contributed by atoms with Crippen LogP contribution in [0, 0.1) is 5.92 Å². The Morgan fingerprint density at radius 1 is 1.12 bits per heavy atom. The average Bonchev–Trinajstić information content (AvgIpc) is 2.62. The maximum absolute atomic E-state index is 5.97. The Bertz CT molecular complexity index is 629. The lowest BCUT2D eigenvalue weighted by atomic mass is 9.97. The van der Waals surface area contributed by atoms with Crippen LogP contribution < -0.4 is 0 Å². The Labute approximate surface area is 156 Å². The van der Waals surface area contributed by atoms with Gasteiger partial charge in [0.15, 0.2) is 0 Å². The lowest BCUT2D eigenvalue weighted by molar-refractivity contribution is 0.142. The summed E-state index contributed by atoms with van der Waals surface area (Å²) in [4.78, 5) is 9.17. The van der Waals surface area contributed by atoms with Crippen LogP contribution in [0.2, 0.25) is 5.02 Å². The first-order chi connectivity index (χ1) is 12.2. The second kappa shape index (κ2) is 9.33. The number of hydrogen-bond acceptors (Lipinski definition) is 3. The van der Waals surface area contributed by atoms with Crippen LogP contribution in [0.25, 0.3) is 0 Å². The van der Waals surface area contributed by atoms with Crippen LogP contribution in [0.5, 0.6) is 0 Å². The molecule has 0 bridgehead atoms. The van der Waals surface area contributed by atoms with E-state index >= 15 is 0 Å². The van der Waals surface area contributed by atoms with E-state index in [0.717, 1.165) is 30.5 Å². The summed E-state index contributed by atoms with van der Waals surface area (Å²) < 4.78 is 0. The maximum Gasteiger partial charge on any atom is 0.0406 e. The number of pyridine rings is 1. The van der Waals surface area contributed by atoms with Crippen molar-refractivity contribution in [3.63, 3.8) is 0 Å². The van der Waals surface area contributed by atoms with Crippen LogP contribution >= 0.6 is 11.6 Å². The van der Waals surface area contributed by atoms with Gasteiger partial charge in [-0.25, -0.2) is 0 Å². The molecule has 1 aliphatic rings. The number of hydrogen-bond donors (Lipinski definition) is 0. The standard InChI is InChI=1S/C21H28ClN3/c1-24(15-19-8-11-23-12-9-19)16-20-3-2-13-25(17-20)14-10-18-4-6-21(22)7-5-18/h4-9,11-12,20H,2-3,10,13-17H2,1H3/t20-/m1/s1. The Morgan fingerprint density at radius 2 is 1.88 bits per heavy atom. The molecule has 0 radical (unpaired) electrons. The summed E-state index contributed by atoms with van der Waals surface area (Å²) in [5, 5.41) is 0.819. The first-order valence-electron chi connectivity index (χ1n) is 9.23. The van der Waals surface area contributed by atoms with Crippen LogP contribution in [0.3, 0.4) is 0 Å². The fourth-order valence-electron chi connectivity index (χ4n) is 3.75. The summed E-state index contributed by atoms with van der Waals surface area (Å²) in [6.07, 6.45) is 7.52. The monoisotopic (exact) mass is 357 g/mol. The van der Waals surface area contributed by atoms with E-state index < -0.39 is 0 Å². The number of benzene rings is 1. The third kappa shape index (κ3) is 6.10. The molecule has 1 saturated heterocycles. The lowest BCUT2D eigenvalue weighted by Gasteiger charge is -2.34. The summed E-state index contributed by atoms with van der Waals surface area (Å²) >= 11 is 5.97. The predicted octanol–water partition coefficient (Wildman–Crippen LogP) is 4.12. The Kier molecular flexibility index (Phi) is 6.85. The zero-order valence-corrected chi connectivity index (χ0v) is 15.8. The van der Waals surface area contributed by atoms with Crippen molar-refractivity contribution in [1.82, 2.24) is 14.8 Å². The molecule has 0 aliphatic carbocycles. The van der Waals surface area contributed by atoms with Gasteiger partial charge in [-0.05, 0) is 74.2 Å². The highest BCUT2D eigenvalue weighted by atomic mass is 35.5. The van der Waals surface area contributed by atoms with Crippen molar-refractivity contribution >= 4 is 11.6 Å². The second-order valence-electron chi connectivity index (χ2n) is 7.24. The van der Waals surface area contributed by atoms with Crippen LogP contribution in [0.1, 0.15) is 24.0 Å². The van der Waals surface area contributed by atoms with Gasteiger partial charge in [0.05, 0.1) is 0 Å². The molecular weight excluding hydrogens is 330 g/mol. The Hall–Kier alpha value is -1.42. The molecule has 1 aromatic heterocycles. The minimum Gasteiger partial charge on any atom is -0.303 e. The normalized spacial score (nSPS) is 18.6. The van der Waals surface area contributed by atoms with Crippen molar-refractivity contribution in [2.75, 3.05) is 33.2 Å². The molecule has 0 amide bonds. The number of nitrogens with zero attached hydrogens (tertiary/aromatic N) is 3. The molecule has 1 fully saturated rings. The van der Waals surface area contributed by atoms with E-state index in [9.17, 15) is 0 Å². The number of piperidine rings is 1. The molecule has 4 heteroatoms. The Balaban J connectivity index is 1.43. The van der Waals surface area contributed by atoms with Gasteiger partial charge >= 0.3 is 0 Å². The molecule has 1 atom stereocenters. The van der Waals surface area contributed by atoms with Gasteiger partial charge in [0.2, 0.25) is 0 Å². The number of likely N-dealkylation sites (tertiary alicyclic amines) is 1. The number of rotatable bonds is 7. The summed E-state index contributed by atoms with van der Waals surface area (Å²) in [6, 6.07) is 12.5. The molecule has 0 unspecified atom stereocenters. The molecule has 25 heavy (non-hydrogen) atoms. The molecule has 2 heterocycles. The lowest BCUT2D eigenvalue weighted by Crippen LogP contribution is -2.40. The van der Waals surface area contributed by atoms with E-state index in [1.165, 1.54) is 43.6 Å². The third-order valence-electron chi connectivity index (χ3n) is 5.00. The van der Waals surface area contributed by atoms with Gasteiger partial charge in [-0.1, -0.05) is 23.7 Å². The zero-order chi connectivity index (χ0) is 17.5. The maximum atomic E-state index is 5.97. The van der Waals surface area contributed by atoms with E-state index in [1.54, 1.807) is 0 Å². The van der Waals surface area contributed by atoms with Crippen molar-refractivity contribution in [3.8, 4) is 0 Å². The van der Waals surface area contributed by atoms with Crippen LogP contribution in [0.15, 0.2) is 48.8 Å². The van der Waals surface area contributed by atoms with E-state index in [2.05, 4.69) is 46.1 Å². The topological polar surface area (TPSA) is 19.4 Å². The van der Waals surface area contributed by atoms with Crippen molar-refractivity contribution in [3.05, 3.63) is 64.9 Å². The highest BCUT2D eigenvalue weighted by Crippen LogP contribution is 2.19. The highest BCUT2D eigenvalue weighted by molar-refractivity contribution is 6.30. The summed E-state index contributed by atoms with van der Waals surface area (Å²) in [5.74, 6) is 0.769. The number of halogens is 1. The van der Waals surface area contributed by atoms with Gasteiger partial charge in [-0.15, -0.1) is 0 Å². The first-order valence-corrected chi connectivity index (χ1v) is 9.61. The van der Waals surface area contributed by atoms with Gasteiger partial charge < -0.3 is 9.80 Å². The van der Waals surface area contributed by atoms with Gasteiger partial charge in [0, 0.05) is 43.6 Å². The van der Waals surface area contributed by atoms with E-state index in [-0.39, 0.29) is 0 Å². The Morgan fingerprint density at radius 3 is 2.64 bits per heavy atom. The largest absolute Gasteiger partial charge is 0.303 e. The molecule has 1 aromatic carbocycles. The van der Waals surface area contributed by atoms with E-state index in [4.69, 9.17) is 11.6 Å². The van der Waals surface area contributed by atoms with Gasteiger partial charge in [-0.3, -0.25) is 4.98 Å². The zero-order valence-electron chi connectivity index (χ0n) is 15.1. The minimum atomic E-state index is 0.769. The van der Waals surface area contributed by atoms with Crippen molar-refractivity contribution in [2.45, 2.75) is 25.8 Å². The molecular formula is C21H28ClN3. The van der Waals surface area contributed by atoms with Crippen LogP contribution in [0.4, 0.5) is 0 Å². The highest BCUT2D eigenvalue weighted by Gasteiger charge is 2.20. The summed E-state index contributed by atoms with van der Waals surface area (Å²) in [6.45, 7) is 5.77. The van der Waals surface area contributed by atoms with Gasteiger partial charge in [-0.2, -0.15) is 0 Å². The minimum absolute atomic E-state index is 0.769. The van der Waals surface area contributed by atoms with Crippen LogP contribution in [-0.2, 0) is 13.0 Å². The smallest absolute Gasteiger partial charge is 0.0406 e. The van der Waals surface area contributed by atoms with Gasteiger partial charge in [0.1, 0.15) is 0 Å². The average molecular weight is 358 g/mol. The van der Waals surface area contributed by atoms with Crippen molar-refractivity contribution in [2.24, 2.45) is 5.92 Å². The van der Waals surface area contributed by atoms with Crippen molar-refractivity contribution < 1.29 is 0 Å². The first kappa shape index (κ1) is 18.4. The molecule has 1 aliphatic heterocycles. The summed E-state index contributed by atoms with van der Waals surface area (Å²) in [5.41, 5.74) is 2.72. The fourth-order valence-corrected chi connectivity index (χ4v) is 3.87.